The molecule has 1 spiro atoms. The lowest BCUT2D eigenvalue weighted by Gasteiger charge is -2.39. The number of likely N-dealkylation sites (tertiary alicyclic amines) is 1. The molecule has 0 radical (unpaired) electrons. The number of piperidine rings is 1. The number of amides is 1. The molecule has 1 aliphatic carbocycles. The maximum atomic E-state index is 12.7. The van der Waals surface area contributed by atoms with E-state index in [0.29, 0.717) is 29.7 Å². The van der Waals surface area contributed by atoms with Crippen LogP contribution in [0.3, 0.4) is 0 Å². The molecule has 3 N–H and O–H groups in total. The Morgan fingerprint density at radius 1 is 1.14 bits per heavy atom. The van der Waals surface area contributed by atoms with Crippen molar-refractivity contribution in [3.05, 3.63) is 63.0 Å². The molecule has 148 valence electrons. The molecule has 2 aliphatic rings. The normalized spacial score (nSPS) is 17.4. The highest BCUT2D eigenvalue weighted by atomic mass is 32.1. The van der Waals surface area contributed by atoms with E-state index in [9.17, 15) is 9.59 Å². The number of carbonyl (C=O) groups is 1. The van der Waals surface area contributed by atoms with Crippen molar-refractivity contribution in [2.75, 3.05) is 18.8 Å². The third-order valence-electron chi connectivity index (χ3n) is 6.17. The lowest BCUT2D eigenvalue weighted by atomic mass is 9.76. The molecule has 7 nitrogen and oxygen atoms in total. The first-order valence-corrected chi connectivity index (χ1v) is 10.6. The maximum absolute atomic E-state index is 12.7. The summed E-state index contributed by atoms with van der Waals surface area (Å²) in [6.45, 7) is 1.26. The molecule has 2 aromatic heterocycles. The van der Waals surface area contributed by atoms with Crippen molar-refractivity contribution in [1.82, 2.24) is 19.9 Å². The summed E-state index contributed by atoms with van der Waals surface area (Å²) < 4.78 is 0. The number of anilines is 1. The fourth-order valence-corrected chi connectivity index (χ4v) is 5.09. The van der Waals surface area contributed by atoms with E-state index in [4.69, 9.17) is 10.7 Å². The average molecular weight is 407 g/mol. The van der Waals surface area contributed by atoms with Crippen LogP contribution < -0.4 is 11.3 Å². The first-order valence-electron chi connectivity index (χ1n) is 9.75. The summed E-state index contributed by atoms with van der Waals surface area (Å²) in [5, 5.41) is 2.11. The van der Waals surface area contributed by atoms with Gasteiger partial charge in [-0.2, -0.15) is 0 Å². The molecule has 1 amide bonds. The molecule has 1 fully saturated rings. The summed E-state index contributed by atoms with van der Waals surface area (Å²) in [5.41, 5.74) is 8.53. The SMILES string of the molecule is Nc1nc(C(=O)N2CCC3(CCc4c3nc(-c3ccccc3)[nH]c4=O)CC2)cs1. The van der Waals surface area contributed by atoms with Crippen molar-refractivity contribution in [2.45, 2.75) is 31.1 Å². The Kier molecular flexibility index (Phi) is 4.24. The zero-order valence-corrected chi connectivity index (χ0v) is 16.7. The van der Waals surface area contributed by atoms with Gasteiger partial charge in [-0.3, -0.25) is 9.59 Å². The fraction of sp³-hybridized carbons (Fsp3) is 0.333. The van der Waals surface area contributed by atoms with Crippen molar-refractivity contribution < 1.29 is 4.79 Å². The predicted octanol–water partition coefficient (Wildman–Crippen LogP) is 2.60. The van der Waals surface area contributed by atoms with Crippen molar-refractivity contribution in [3.63, 3.8) is 0 Å². The van der Waals surface area contributed by atoms with Gasteiger partial charge in [-0.25, -0.2) is 9.97 Å². The van der Waals surface area contributed by atoms with Gasteiger partial charge in [0.1, 0.15) is 11.5 Å². The van der Waals surface area contributed by atoms with Gasteiger partial charge in [0, 0.05) is 35.0 Å². The summed E-state index contributed by atoms with van der Waals surface area (Å²) in [5.74, 6) is 0.543. The van der Waals surface area contributed by atoms with Gasteiger partial charge >= 0.3 is 0 Å². The number of carbonyl (C=O) groups excluding carboxylic acids is 1. The third-order valence-corrected chi connectivity index (χ3v) is 6.84. The van der Waals surface area contributed by atoms with E-state index >= 15 is 0 Å². The Morgan fingerprint density at radius 2 is 1.90 bits per heavy atom. The Hall–Kier alpha value is -3.00. The number of nitrogens with one attached hydrogen (secondary N) is 1. The molecule has 1 aromatic carbocycles. The van der Waals surface area contributed by atoms with Crippen molar-refractivity contribution in [1.29, 1.82) is 0 Å². The van der Waals surface area contributed by atoms with Gasteiger partial charge < -0.3 is 15.6 Å². The number of nitrogens with two attached hydrogens (primary N) is 1. The minimum Gasteiger partial charge on any atom is -0.375 e. The second-order valence-corrected chi connectivity index (χ2v) is 8.64. The number of aromatic nitrogens is 3. The van der Waals surface area contributed by atoms with E-state index in [1.54, 1.807) is 5.38 Å². The number of fused-ring (bicyclic) bond motifs is 2. The van der Waals surface area contributed by atoms with Gasteiger partial charge in [0.25, 0.3) is 11.5 Å². The van der Waals surface area contributed by atoms with E-state index in [2.05, 4.69) is 9.97 Å². The summed E-state index contributed by atoms with van der Waals surface area (Å²) >= 11 is 1.28. The minimum atomic E-state index is -0.134. The van der Waals surface area contributed by atoms with E-state index < -0.39 is 0 Å². The lowest BCUT2D eigenvalue weighted by Crippen LogP contribution is -2.45. The van der Waals surface area contributed by atoms with Gasteiger partial charge in [0.05, 0.1) is 5.69 Å². The number of thiazole rings is 1. The van der Waals surface area contributed by atoms with Gasteiger partial charge in [-0.05, 0) is 25.7 Å². The zero-order chi connectivity index (χ0) is 20.0. The molecule has 3 heterocycles. The minimum absolute atomic E-state index is 0.0396. The van der Waals surface area contributed by atoms with E-state index in [1.807, 2.05) is 35.2 Å². The third kappa shape index (κ3) is 3.04. The van der Waals surface area contributed by atoms with Crippen LogP contribution in [-0.2, 0) is 11.8 Å². The molecule has 0 saturated carbocycles. The highest BCUT2D eigenvalue weighted by Crippen LogP contribution is 2.44. The molecule has 8 heteroatoms. The Bertz CT molecular complexity index is 1130. The Balaban J connectivity index is 1.42. The van der Waals surface area contributed by atoms with E-state index in [1.165, 1.54) is 11.3 Å². The van der Waals surface area contributed by atoms with Crippen LogP contribution in [-0.4, -0.2) is 38.8 Å². The quantitative estimate of drug-likeness (QED) is 0.679. The molecular formula is C21H21N5O2S. The monoisotopic (exact) mass is 407 g/mol. The average Bonchev–Trinajstić information content (AvgIpc) is 3.33. The van der Waals surface area contributed by atoms with Crippen LogP contribution in [0, 0.1) is 0 Å². The number of rotatable bonds is 2. The van der Waals surface area contributed by atoms with Crippen LogP contribution in [0.2, 0.25) is 0 Å². The maximum Gasteiger partial charge on any atom is 0.273 e. The smallest absolute Gasteiger partial charge is 0.273 e. The predicted molar refractivity (Wildman–Crippen MR) is 112 cm³/mol. The molecule has 5 rings (SSSR count). The molecule has 29 heavy (non-hydrogen) atoms. The van der Waals surface area contributed by atoms with Gasteiger partial charge in [0.2, 0.25) is 0 Å². The van der Waals surface area contributed by atoms with Crippen LogP contribution >= 0.6 is 11.3 Å². The van der Waals surface area contributed by atoms with Crippen molar-refractivity contribution in [3.8, 4) is 11.4 Å². The number of nitrogen functional groups attached to an aromatic ring is 1. The number of H-pyrrole nitrogens is 1. The second-order valence-electron chi connectivity index (χ2n) is 7.75. The molecule has 1 saturated heterocycles. The molecule has 1 aliphatic heterocycles. The van der Waals surface area contributed by atoms with Crippen molar-refractivity contribution >= 4 is 22.4 Å². The first kappa shape index (κ1) is 18.1. The fourth-order valence-electron chi connectivity index (χ4n) is 4.56. The van der Waals surface area contributed by atoms with Crippen LogP contribution in [0.25, 0.3) is 11.4 Å². The number of hydrogen-bond acceptors (Lipinski definition) is 6. The zero-order valence-electron chi connectivity index (χ0n) is 15.9. The Morgan fingerprint density at radius 3 is 2.59 bits per heavy atom. The highest BCUT2D eigenvalue weighted by Gasteiger charge is 2.44. The number of aromatic amines is 1. The molecule has 3 aromatic rings. The first-order chi connectivity index (χ1) is 14.1. The standard InChI is InChI=1S/C21H21N5O2S/c22-20-23-15(12-29-20)19(28)26-10-8-21(9-11-26)7-6-14-16(21)24-17(25-18(14)27)13-4-2-1-3-5-13/h1-5,12H,6-11H2,(H2,22,23)(H,24,25,27). The topological polar surface area (TPSA) is 105 Å². The number of benzene rings is 1. The van der Waals surface area contributed by atoms with E-state index in [0.717, 1.165) is 42.5 Å². The van der Waals surface area contributed by atoms with Crippen LogP contribution in [0.15, 0.2) is 40.5 Å². The summed E-state index contributed by atoms with van der Waals surface area (Å²) in [6.07, 6.45) is 3.25. The largest absolute Gasteiger partial charge is 0.375 e. The summed E-state index contributed by atoms with van der Waals surface area (Å²) in [6, 6.07) is 9.72. The number of hydrogen-bond donors (Lipinski definition) is 2. The van der Waals surface area contributed by atoms with Crippen LogP contribution in [0.4, 0.5) is 5.13 Å². The highest BCUT2D eigenvalue weighted by molar-refractivity contribution is 7.13. The molecule has 0 atom stereocenters. The van der Waals surface area contributed by atoms with Gasteiger partial charge in [-0.1, -0.05) is 30.3 Å². The lowest BCUT2D eigenvalue weighted by molar-refractivity contribution is 0.0658. The van der Waals surface area contributed by atoms with Crippen LogP contribution in [0.1, 0.15) is 41.0 Å². The Labute approximate surface area is 171 Å². The van der Waals surface area contributed by atoms with Crippen LogP contribution in [0.5, 0.6) is 0 Å². The molecular weight excluding hydrogens is 386 g/mol. The summed E-state index contributed by atoms with van der Waals surface area (Å²) in [7, 11) is 0. The second kappa shape index (κ2) is 6.81. The molecule has 0 bridgehead atoms. The van der Waals surface area contributed by atoms with Gasteiger partial charge in [0.15, 0.2) is 5.13 Å². The van der Waals surface area contributed by atoms with E-state index in [-0.39, 0.29) is 16.9 Å². The van der Waals surface area contributed by atoms with Crippen molar-refractivity contribution in [2.24, 2.45) is 0 Å². The summed E-state index contributed by atoms with van der Waals surface area (Å²) in [4.78, 5) is 39.2. The van der Waals surface area contributed by atoms with Gasteiger partial charge in [-0.15, -0.1) is 11.3 Å². The molecule has 0 unspecified atom stereocenters. The number of nitrogens with zero attached hydrogens (tertiary/aromatic N) is 3.